The fourth-order valence-electron chi connectivity index (χ4n) is 3.88. The van der Waals surface area contributed by atoms with Crippen LogP contribution < -0.4 is 15.5 Å². The minimum absolute atomic E-state index is 0. The minimum atomic E-state index is 0. The number of piperidine rings is 1. The van der Waals surface area contributed by atoms with E-state index in [1.54, 1.807) is 0 Å². The Morgan fingerprint density at radius 2 is 1.85 bits per heavy atom. The Morgan fingerprint density at radius 1 is 1.12 bits per heavy atom. The molecule has 0 amide bonds. The number of hydrogen-bond donors (Lipinski definition) is 2. The van der Waals surface area contributed by atoms with Gasteiger partial charge in [-0.15, -0.1) is 24.0 Å². The molecule has 6 heteroatoms. The lowest BCUT2D eigenvalue weighted by Gasteiger charge is -2.29. The summed E-state index contributed by atoms with van der Waals surface area (Å²) in [6.07, 6.45) is 5.07. The van der Waals surface area contributed by atoms with Gasteiger partial charge in [0.05, 0.1) is 0 Å². The van der Waals surface area contributed by atoms with Crippen molar-refractivity contribution in [3.63, 3.8) is 0 Å². The summed E-state index contributed by atoms with van der Waals surface area (Å²) >= 11 is 0. The number of halogens is 1. The first-order valence-corrected chi connectivity index (χ1v) is 9.70. The Labute approximate surface area is 175 Å². The van der Waals surface area contributed by atoms with E-state index < -0.39 is 0 Å². The third-order valence-corrected chi connectivity index (χ3v) is 5.56. The molecule has 0 spiro atoms. The number of aliphatic imine (C=N–C) groups is 1. The van der Waals surface area contributed by atoms with Gasteiger partial charge >= 0.3 is 0 Å². The zero-order chi connectivity index (χ0) is 17.5. The Kier molecular flexibility index (Phi) is 8.98. The SMILES string of the molecule is CN=C(NCCC1CCN(C)CC1)NC1CCN(c2ccccc2)C1.I. The Balaban J connectivity index is 0.00000243. The van der Waals surface area contributed by atoms with E-state index in [4.69, 9.17) is 0 Å². The van der Waals surface area contributed by atoms with Crippen LogP contribution in [0, 0.1) is 5.92 Å². The van der Waals surface area contributed by atoms with Crippen molar-refractivity contribution in [1.82, 2.24) is 15.5 Å². The average molecular weight is 471 g/mol. The van der Waals surface area contributed by atoms with Crippen molar-refractivity contribution in [3.8, 4) is 0 Å². The van der Waals surface area contributed by atoms with Gasteiger partial charge in [0, 0.05) is 38.4 Å². The Morgan fingerprint density at radius 3 is 2.54 bits per heavy atom. The number of nitrogens with zero attached hydrogens (tertiary/aromatic N) is 3. The number of hydrogen-bond acceptors (Lipinski definition) is 3. The van der Waals surface area contributed by atoms with Gasteiger partial charge in [-0.2, -0.15) is 0 Å². The molecule has 0 saturated carbocycles. The Hall–Kier alpha value is -1.02. The average Bonchev–Trinajstić information content (AvgIpc) is 3.12. The van der Waals surface area contributed by atoms with Gasteiger partial charge in [-0.1, -0.05) is 18.2 Å². The number of likely N-dealkylation sites (tertiary alicyclic amines) is 1. The summed E-state index contributed by atoms with van der Waals surface area (Å²) in [5.74, 6) is 1.81. The smallest absolute Gasteiger partial charge is 0.191 e. The second kappa shape index (κ2) is 11.0. The molecule has 2 aliphatic heterocycles. The molecule has 5 nitrogen and oxygen atoms in total. The molecule has 1 aromatic carbocycles. The van der Waals surface area contributed by atoms with Gasteiger partial charge in [-0.05, 0) is 63.9 Å². The predicted octanol–water partition coefficient (Wildman–Crippen LogP) is 2.78. The standard InChI is InChI=1S/C20H33N5.HI/c1-21-20(22-12-8-17-9-13-24(2)14-10-17)23-18-11-15-25(16-18)19-6-4-3-5-7-19;/h3-7,17-18H,8-16H2,1-2H3,(H2,21,22,23);1H. The molecule has 146 valence electrons. The lowest BCUT2D eigenvalue weighted by atomic mass is 9.94. The maximum Gasteiger partial charge on any atom is 0.191 e. The normalized spacial score (nSPS) is 22.2. The summed E-state index contributed by atoms with van der Waals surface area (Å²) in [5.41, 5.74) is 1.32. The third kappa shape index (κ3) is 6.30. The summed E-state index contributed by atoms with van der Waals surface area (Å²) in [6, 6.07) is 11.1. The van der Waals surface area contributed by atoms with Gasteiger partial charge in [0.2, 0.25) is 0 Å². The highest BCUT2D eigenvalue weighted by Crippen LogP contribution is 2.20. The summed E-state index contributed by atoms with van der Waals surface area (Å²) in [5, 5.41) is 7.12. The quantitative estimate of drug-likeness (QED) is 0.394. The van der Waals surface area contributed by atoms with E-state index in [2.05, 4.69) is 62.8 Å². The van der Waals surface area contributed by atoms with Gasteiger partial charge in [0.25, 0.3) is 0 Å². The van der Waals surface area contributed by atoms with Crippen LogP contribution in [0.3, 0.4) is 0 Å². The van der Waals surface area contributed by atoms with Crippen molar-refractivity contribution < 1.29 is 0 Å². The first-order valence-electron chi connectivity index (χ1n) is 9.70. The van der Waals surface area contributed by atoms with Gasteiger partial charge < -0.3 is 20.4 Å². The monoisotopic (exact) mass is 471 g/mol. The lowest BCUT2D eigenvalue weighted by molar-refractivity contribution is 0.213. The molecule has 2 heterocycles. The lowest BCUT2D eigenvalue weighted by Crippen LogP contribution is -2.45. The Bertz CT molecular complexity index is 542. The van der Waals surface area contributed by atoms with E-state index >= 15 is 0 Å². The molecule has 2 N–H and O–H groups in total. The van der Waals surface area contributed by atoms with E-state index in [0.29, 0.717) is 6.04 Å². The van der Waals surface area contributed by atoms with Crippen LogP contribution in [-0.2, 0) is 0 Å². The highest BCUT2D eigenvalue weighted by atomic mass is 127. The van der Waals surface area contributed by atoms with Gasteiger partial charge in [-0.25, -0.2) is 0 Å². The molecule has 1 unspecified atom stereocenters. The molecule has 26 heavy (non-hydrogen) atoms. The molecule has 1 aromatic rings. The summed E-state index contributed by atoms with van der Waals surface area (Å²) < 4.78 is 0. The van der Waals surface area contributed by atoms with Crippen LogP contribution >= 0.6 is 24.0 Å². The van der Waals surface area contributed by atoms with Crippen molar-refractivity contribution in [2.75, 3.05) is 51.7 Å². The number of anilines is 1. The summed E-state index contributed by atoms with van der Waals surface area (Å²) in [4.78, 5) is 9.29. The van der Waals surface area contributed by atoms with Crippen molar-refractivity contribution >= 4 is 35.6 Å². The fraction of sp³-hybridized carbons (Fsp3) is 0.650. The second-order valence-electron chi connectivity index (χ2n) is 7.45. The predicted molar refractivity (Wildman–Crippen MR) is 122 cm³/mol. The number of para-hydroxylation sites is 1. The van der Waals surface area contributed by atoms with Crippen molar-refractivity contribution in [1.29, 1.82) is 0 Å². The van der Waals surface area contributed by atoms with E-state index in [-0.39, 0.29) is 24.0 Å². The fourth-order valence-corrected chi connectivity index (χ4v) is 3.88. The molecule has 3 rings (SSSR count). The van der Waals surface area contributed by atoms with Crippen LogP contribution in [0.4, 0.5) is 5.69 Å². The first kappa shape index (κ1) is 21.3. The third-order valence-electron chi connectivity index (χ3n) is 5.56. The number of nitrogens with one attached hydrogen (secondary N) is 2. The molecular weight excluding hydrogens is 437 g/mol. The highest BCUT2D eigenvalue weighted by molar-refractivity contribution is 14.0. The van der Waals surface area contributed by atoms with Gasteiger partial charge in [0.15, 0.2) is 5.96 Å². The van der Waals surface area contributed by atoms with Crippen LogP contribution in [0.25, 0.3) is 0 Å². The van der Waals surface area contributed by atoms with Crippen molar-refractivity contribution in [2.24, 2.45) is 10.9 Å². The van der Waals surface area contributed by atoms with Crippen LogP contribution in [0.2, 0.25) is 0 Å². The van der Waals surface area contributed by atoms with Crippen LogP contribution in [-0.4, -0.2) is 63.7 Å². The molecular formula is C20H34IN5. The van der Waals surface area contributed by atoms with Crippen LogP contribution in [0.15, 0.2) is 35.3 Å². The molecule has 1 atom stereocenters. The second-order valence-corrected chi connectivity index (χ2v) is 7.45. The van der Waals surface area contributed by atoms with E-state index in [1.807, 2.05) is 7.05 Å². The van der Waals surface area contributed by atoms with E-state index in [0.717, 1.165) is 37.9 Å². The summed E-state index contributed by atoms with van der Waals surface area (Å²) in [7, 11) is 4.09. The molecule has 0 aliphatic carbocycles. The zero-order valence-electron chi connectivity index (χ0n) is 16.2. The van der Waals surface area contributed by atoms with E-state index in [9.17, 15) is 0 Å². The number of rotatable bonds is 5. The number of guanidine groups is 1. The zero-order valence-corrected chi connectivity index (χ0v) is 18.5. The van der Waals surface area contributed by atoms with Gasteiger partial charge in [0.1, 0.15) is 0 Å². The van der Waals surface area contributed by atoms with Crippen LogP contribution in [0.1, 0.15) is 25.7 Å². The maximum atomic E-state index is 4.41. The molecule has 0 bridgehead atoms. The van der Waals surface area contributed by atoms with E-state index in [1.165, 1.54) is 38.0 Å². The van der Waals surface area contributed by atoms with Gasteiger partial charge in [-0.3, -0.25) is 4.99 Å². The van der Waals surface area contributed by atoms with Crippen molar-refractivity contribution in [2.45, 2.75) is 31.7 Å². The van der Waals surface area contributed by atoms with Crippen LogP contribution in [0.5, 0.6) is 0 Å². The topological polar surface area (TPSA) is 42.9 Å². The summed E-state index contributed by atoms with van der Waals surface area (Å²) in [6.45, 7) is 5.65. The molecule has 2 saturated heterocycles. The molecule has 0 aromatic heterocycles. The first-order chi connectivity index (χ1) is 12.2. The minimum Gasteiger partial charge on any atom is -0.369 e. The number of benzene rings is 1. The maximum absolute atomic E-state index is 4.41. The molecule has 0 radical (unpaired) electrons. The largest absolute Gasteiger partial charge is 0.369 e. The molecule has 2 fully saturated rings. The van der Waals surface area contributed by atoms with Crippen molar-refractivity contribution in [3.05, 3.63) is 30.3 Å². The highest BCUT2D eigenvalue weighted by Gasteiger charge is 2.23. The molecule has 2 aliphatic rings.